The van der Waals surface area contributed by atoms with Gasteiger partial charge in [0, 0.05) is 0 Å². The fourth-order valence-electron chi connectivity index (χ4n) is 1.77. The fourth-order valence-corrected chi connectivity index (χ4v) is 1.77. The third-order valence-corrected chi connectivity index (χ3v) is 2.64. The van der Waals surface area contributed by atoms with Crippen molar-refractivity contribution in [2.75, 3.05) is 13.6 Å². The van der Waals surface area contributed by atoms with Gasteiger partial charge in [0.15, 0.2) is 5.82 Å². The highest BCUT2D eigenvalue weighted by molar-refractivity contribution is 4.97. The number of hydrogen-bond acceptors (Lipinski definition) is 5. The van der Waals surface area contributed by atoms with E-state index in [1.807, 2.05) is 7.05 Å². The smallest absolute Gasteiger partial charge is 0.244 e. The van der Waals surface area contributed by atoms with Crippen molar-refractivity contribution in [3.8, 4) is 0 Å². The molecule has 5 heteroatoms. The molecule has 1 aromatic heterocycles. The maximum atomic E-state index is 9.25. The van der Waals surface area contributed by atoms with Crippen molar-refractivity contribution in [3.63, 3.8) is 0 Å². The Labute approximate surface area is 82.7 Å². The standard InChI is InChI=1S/C9H15N3O2/c1-6(13)8-10-9(14-11-8)7-4-3-5-12(7)2/h6-7,13H,3-5H2,1-2H3. The summed E-state index contributed by atoms with van der Waals surface area (Å²) in [4.78, 5) is 6.37. The van der Waals surface area contributed by atoms with Crippen LogP contribution in [0.25, 0.3) is 0 Å². The summed E-state index contributed by atoms with van der Waals surface area (Å²) >= 11 is 0. The van der Waals surface area contributed by atoms with Crippen LogP contribution in [0.4, 0.5) is 0 Å². The lowest BCUT2D eigenvalue weighted by atomic mass is 10.2. The highest BCUT2D eigenvalue weighted by Gasteiger charge is 2.28. The number of aromatic nitrogens is 2. The lowest BCUT2D eigenvalue weighted by Gasteiger charge is -2.14. The van der Waals surface area contributed by atoms with Crippen molar-refractivity contribution in [2.45, 2.75) is 31.9 Å². The molecule has 0 radical (unpaired) electrons. The molecule has 5 nitrogen and oxygen atoms in total. The van der Waals surface area contributed by atoms with Gasteiger partial charge in [-0.25, -0.2) is 0 Å². The van der Waals surface area contributed by atoms with Crippen LogP contribution in [0.15, 0.2) is 4.52 Å². The van der Waals surface area contributed by atoms with Crippen LogP contribution in [-0.2, 0) is 0 Å². The molecule has 0 bridgehead atoms. The molecule has 0 spiro atoms. The topological polar surface area (TPSA) is 62.4 Å². The summed E-state index contributed by atoms with van der Waals surface area (Å²) in [5.74, 6) is 1.00. The van der Waals surface area contributed by atoms with E-state index in [0.717, 1.165) is 19.4 Å². The molecule has 0 aliphatic carbocycles. The Balaban J connectivity index is 2.16. The Kier molecular flexibility index (Phi) is 2.52. The van der Waals surface area contributed by atoms with E-state index < -0.39 is 6.10 Å². The van der Waals surface area contributed by atoms with Gasteiger partial charge in [0.25, 0.3) is 0 Å². The lowest BCUT2D eigenvalue weighted by Crippen LogP contribution is -2.17. The second-order valence-corrected chi connectivity index (χ2v) is 3.81. The molecule has 1 saturated heterocycles. The summed E-state index contributed by atoms with van der Waals surface area (Å²) < 4.78 is 5.12. The first-order valence-corrected chi connectivity index (χ1v) is 4.90. The van der Waals surface area contributed by atoms with Gasteiger partial charge in [0.05, 0.1) is 6.04 Å². The molecule has 78 valence electrons. The fraction of sp³-hybridized carbons (Fsp3) is 0.778. The summed E-state index contributed by atoms with van der Waals surface area (Å²) in [5, 5.41) is 13.0. The van der Waals surface area contributed by atoms with Crippen molar-refractivity contribution >= 4 is 0 Å². The molecule has 2 atom stereocenters. The molecule has 2 unspecified atom stereocenters. The van der Waals surface area contributed by atoms with Gasteiger partial charge in [0.2, 0.25) is 5.89 Å². The zero-order chi connectivity index (χ0) is 10.1. The molecule has 2 heterocycles. The molecular formula is C9H15N3O2. The van der Waals surface area contributed by atoms with Crippen molar-refractivity contribution < 1.29 is 9.63 Å². The van der Waals surface area contributed by atoms with Gasteiger partial charge in [-0.05, 0) is 33.4 Å². The van der Waals surface area contributed by atoms with Crippen LogP contribution in [0.5, 0.6) is 0 Å². The first-order chi connectivity index (χ1) is 6.68. The van der Waals surface area contributed by atoms with Crippen LogP contribution in [0.1, 0.15) is 43.6 Å². The Morgan fingerprint density at radius 3 is 2.93 bits per heavy atom. The number of likely N-dealkylation sites (tertiary alicyclic amines) is 1. The van der Waals surface area contributed by atoms with Gasteiger partial charge in [-0.15, -0.1) is 0 Å². The van der Waals surface area contributed by atoms with Crippen LogP contribution < -0.4 is 0 Å². The van der Waals surface area contributed by atoms with Crippen LogP contribution in [0.2, 0.25) is 0 Å². The van der Waals surface area contributed by atoms with Crippen molar-refractivity contribution in [3.05, 3.63) is 11.7 Å². The summed E-state index contributed by atoms with van der Waals surface area (Å²) in [6.07, 6.45) is 1.56. The largest absolute Gasteiger partial charge is 0.385 e. The summed E-state index contributed by atoms with van der Waals surface area (Å²) in [5.41, 5.74) is 0. The number of aliphatic hydroxyl groups excluding tert-OH is 1. The maximum absolute atomic E-state index is 9.25. The second kappa shape index (κ2) is 3.67. The lowest BCUT2D eigenvalue weighted by molar-refractivity contribution is 0.183. The summed E-state index contributed by atoms with van der Waals surface area (Å²) in [7, 11) is 2.05. The Morgan fingerprint density at radius 1 is 1.64 bits per heavy atom. The van der Waals surface area contributed by atoms with Crippen LogP contribution in [-0.4, -0.2) is 33.7 Å². The predicted molar refractivity (Wildman–Crippen MR) is 49.5 cm³/mol. The molecule has 14 heavy (non-hydrogen) atoms. The van der Waals surface area contributed by atoms with Gasteiger partial charge in [-0.3, -0.25) is 4.90 Å². The molecule has 1 fully saturated rings. The highest BCUT2D eigenvalue weighted by Crippen LogP contribution is 2.29. The Hall–Kier alpha value is -0.940. The van der Waals surface area contributed by atoms with Gasteiger partial charge in [0.1, 0.15) is 6.10 Å². The first kappa shape index (κ1) is 9.61. The molecule has 1 aromatic rings. The quantitative estimate of drug-likeness (QED) is 0.762. The van der Waals surface area contributed by atoms with Gasteiger partial charge < -0.3 is 9.63 Å². The SMILES string of the molecule is CC(O)c1noc(C2CCCN2C)n1. The zero-order valence-corrected chi connectivity index (χ0v) is 8.47. The third-order valence-electron chi connectivity index (χ3n) is 2.64. The second-order valence-electron chi connectivity index (χ2n) is 3.81. The minimum Gasteiger partial charge on any atom is -0.385 e. The average molecular weight is 197 g/mol. The molecule has 0 amide bonds. The van der Waals surface area contributed by atoms with E-state index in [2.05, 4.69) is 15.0 Å². The third kappa shape index (κ3) is 1.65. The summed E-state index contributed by atoms with van der Waals surface area (Å²) in [6, 6.07) is 0.231. The highest BCUT2D eigenvalue weighted by atomic mass is 16.5. The normalized spacial score (nSPS) is 25.5. The molecule has 1 N–H and O–H groups in total. The van der Waals surface area contributed by atoms with E-state index in [9.17, 15) is 5.11 Å². The molecular weight excluding hydrogens is 182 g/mol. The van der Waals surface area contributed by atoms with E-state index in [-0.39, 0.29) is 6.04 Å². The minimum absolute atomic E-state index is 0.231. The van der Waals surface area contributed by atoms with Crippen molar-refractivity contribution in [2.24, 2.45) is 0 Å². The van der Waals surface area contributed by atoms with Gasteiger partial charge in [-0.1, -0.05) is 5.16 Å². The van der Waals surface area contributed by atoms with E-state index in [1.54, 1.807) is 6.92 Å². The first-order valence-electron chi connectivity index (χ1n) is 4.90. The van der Waals surface area contributed by atoms with E-state index >= 15 is 0 Å². The number of rotatable bonds is 2. The van der Waals surface area contributed by atoms with E-state index in [4.69, 9.17) is 4.52 Å². The molecule has 1 aliphatic rings. The number of hydrogen-bond donors (Lipinski definition) is 1. The monoisotopic (exact) mass is 197 g/mol. The van der Waals surface area contributed by atoms with E-state index in [0.29, 0.717) is 11.7 Å². The maximum Gasteiger partial charge on any atom is 0.244 e. The zero-order valence-electron chi connectivity index (χ0n) is 8.47. The van der Waals surface area contributed by atoms with Gasteiger partial charge >= 0.3 is 0 Å². The predicted octanol–water partition coefficient (Wildman–Crippen LogP) is 0.890. The molecule has 0 aromatic carbocycles. The molecule has 0 saturated carbocycles. The average Bonchev–Trinajstić information content (AvgIpc) is 2.71. The Morgan fingerprint density at radius 2 is 2.43 bits per heavy atom. The molecule has 2 rings (SSSR count). The van der Waals surface area contributed by atoms with Crippen molar-refractivity contribution in [1.82, 2.24) is 15.0 Å². The van der Waals surface area contributed by atoms with Crippen LogP contribution >= 0.6 is 0 Å². The van der Waals surface area contributed by atoms with Crippen molar-refractivity contribution in [1.29, 1.82) is 0 Å². The molecule has 1 aliphatic heterocycles. The van der Waals surface area contributed by atoms with Gasteiger partial charge in [-0.2, -0.15) is 4.98 Å². The summed E-state index contributed by atoms with van der Waals surface area (Å²) in [6.45, 7) is 2.70. The number of aliphatic hydroxyl groups is 1. The van der Waals surface area contributed by atoms with Crippen LogP contribution in [0, 0.1) is 0 Å². The Bertz CT molecular complexity index is 311. The minimum atomic E-state index is -0.654. The number of nitrogens with zero attached hydrogens (tertiary/aromatic N) is 3. The van der Waals surface area contributed by atoms with E-state index in [1.165, 1.54) is 0 Å². The van der Waals surface area contributed by atoms with Crippen LogP contribution in [0.3, 0.4) is 0 Å².